The van der Waals surface area contributed by atoms with Crippen molar-refractivity contribution in [1.82, 2.24) is 19.4 Å². The maximum Gasteiger partial charge on any atom is 0.251 e. The van der Waals surface area contributed by atoms with Crippen molar-refractivity contribution in [3.05, 3.63) is 87.9 Å². The van der Waals surface area contributed by atoms with Crippen molar-refractivity contribution in [2.24, 2.45) is 0 Å². The summed E-state index contributed by atoms with van der Waals surface area (Å²) >= 11 is 0. The number of aromatic amines is 1. The highest BCUT2D eigenvalue weighted by Crippen LogP contribution is 2.33. The minimum atomic E-state index is -0.236. The first kappa shape index (κ1) is 16.3. The van der Waals surface area contributed by atoms with Gasteiger partial charge in [0.1, 0.15) is 12.6 Å². The van der Waals surface area contributed by atoms with Crippen LogP contribution in [-0.2, 0) is 17.8 Å². The largest absolute Gasteiger partial charge is 0.348 e. The number of carbonyl (C=O) groups is 1. The average molecular weight is 348 g/mol. The molecule has 1 aliphatic rings. The van der Waals surface area contributed by atoms with Crippen LogP contribution >= 0.6 is 0 Å². The lowest BCUT2D eigenvalue weighted by Crippen LogP contribution is -2.43. The van der Waals surface area contributed by atoms with E-state index in [1.54, 1.807) is 18.6 Å². The maximum atomic E-state index is 13.0. The van der Waals surface area contributed by atoms with Crippen LogP contribution in [0.4, 0.5) is 0 Å². The van der Waals surface area contributed by atoms with Crippen molar-refractivity contribution in [1.29, 1.82) is 0 Å². The maximum absolute atomic E-state index is 13.0. The molecule has 0 fully saturated rings. The number of aryl methyl sites for hydroxylation is 1. The van der Waals surface area contributed by atoms with Crippen LogP contribution in [0.1, 0.15) is 28.6 Å². The van der Waals surface area contributed by atoms with Crippen LogP contribution in [0.5, 0.6) is 0 Å². The SMILES string of the molecule is Cc1ccn(CC(=O)N2CCc3[nH]cnc3C2c2ccccc2)c(=O)c1. The standard InChI is InChI=1S/C20H20N4O2/c1-14-7-9-23(17(25)11-14)12-18(26)24-10-8-16-19(22-13-21-16)20(24)15-5-3-2-4-6-15/h2-7,9,11,13,20H,8,10,12H2,1H3,(H,21,22). The minimum Gasteiger partial charge on any atom is -0.348 e. The summed E-state index contributed by atoms with van der Waals surface area (Å²) in [5, 5.41) is 0. The first-order valence-electron chi connectivity index (χ1n) is 8.67. The number of rotatable bonds is 3. The van der Waals surface area contributed by atoms with E-state index in [4.69, 9.17) is 0 Å². The average Bonchev–Trinajstić information content (AvgIpc) is 3.12. The predicted molar refractivity (Wildman–Crippen MR) is 97.7 cm³/mol. The summed E-state index contributed by atoms with van der Waals surface area (Å²) < 4.78 is 1.46. The molecular formula is C20H20N4O2. The first-order valence-corrected chi connectivity index (χ1v) is 8.67. The molecule has 1 N–H and O–H groups in total. The van der Waals surface area contributed by atoms with Crippen LogP contribution in [0.15, 0.2) is 59.8 Å². The number of nitrogens with zero attached hydrogens (tertiary/aromatic N) is 3. The van der Waals surface area contributed by atoms with Gasteiger partial charge in [0, 0.05) is 30.9 Å². The Hall–Kier alpha value is -3.15. The second-order valence-electron chi connectivity index (χ2n) is 6.59. The molecule has 0 aliphatic carbocycles. The molecule has 1 amide bonds. The van der Waals surface area contributed by atoms with Gasteiger partial charge in [-0.15, -0.1) is 0 Å². The second-order valence-corrected chi connectivity index (χ2v) is 6.59. The van der Waals surface area contributed by atoms with E-state index in [0.717, 1.165) is 28.9 Å². The molecule has 0 saturated carbocycles. The molecule has 6 nitrogen and oxygen atoms in total. The molecule has 132 valence electrons. The molecule has 3 heterocycles. The Kier molecular flexibility index (Phi) is 4.16. The molecule has 1 atom stereocenters. The van der Waals surface area contributed by atoms with E-state index in [2.05, 4.69) is 9.97 Å². The van der Waals surface area contributed by atoms with Gasteiger partial charge < -0.3 is 14.5 Å². The summed E-state index contributed by atoms with van der Waals surface area (Å²) in [4.78, 5) is 34.7. The molecule has 0 bridgehead atoms. The lowest BCUT2D eigenvalue weighted by molar-refractivity contribution is -0.134. The monoisotopic (exact) mass is 348 g/mol. The van der Waals surface area contributed by atoms with Crippen LogP contribution in [0.2, 0.25) is 0 Å². The summed E-state index contributed by atoms with van der Waals surface area (Å²) in [6, 6.07) is 13.0. The van der Waals surface area contributed by atoms with Crippen LogP contribution in [-0.4, -0.2) is 31.9 Å². The Labute approximate surface area is 151 Å². The van der Waals surface area contributed by atoms with E-state index in [1.807, 2.05) is 48.2 Å². The fourth-order valence-electron chi connectivity index (χ4n) is 3.49. The van der Waals surface area contributed by atoms with Crippen LogP contribution in [0, 0.1) is 6.92 Å². The minimum absolute atomic E-state index is 0.0300. The molecule has 6 heteroatoms. The number of aromatic nitrogens is 3. The molecule has 2 aromatic heterocycles. The molecule has 26 heavy (non-hydrogen) atoms. The normalized spacial score (nSPS) is 16.3. The summed E-state index contributed by atoms with van der Waals surface area (Å²) in [6.07, 6.45) is 4.09. The Balaban J connectivity index is 1.68. The summed E-state index contributed by atoms with van der Waals surface area (Å²) in [5.74, 6) is -0.0848. The number of carbonyl (C=O) groups excluding carboxylic acids is 1. The van der Waals surface area contributed by atoms with Crippen molar-refractivity contribution >= 4 is 5.91 Å². The van der Waals surface area contributed by atoms with Gasteiger partial charge in [0.15, 0.2) is 0 Å². The van der Waals surface area contributed by atoms with Crippen molar-refractivity contribution in [2.75, 3.05) is 6.54 Å². The molecule has 1 aromatic carbocycles. The van der Waals surface area contributed by atoms with Crippen LogP contribution in [0.3, 0.4) is 0 Å². The topological polar surface area (TPSA) is 71.0 Å². The molecule has 1 unspecified atom stereocenters. The molecule has 1 aliphatic heterocycles. The van der Waals surface area contributed by atoms with Crippen molar-refractivity contribution in [3.8, 4) is 0 Å². The number of pyridine rings is 1. The van der Waals surface area contributed by atoms with Gasteiger partial charge in [-0.05, 0) is 24.1 Å². The Morgan fingerprint density at radius 2 is 2.08 bits per heavy atom. The van der Waals surface area contributed by atoms with E-state index in [-0.39, 0.29) is 24.1 Å². The predicted octanol–water partition coefficient (Wildman–Crippen LogP) is 2.05. The molecule has 4 rings (SSSR count). The van der Waals surface area contributed by atoms with Crippen molar-refractivity contribution in [2.45, 2.75) is 25.9 Å². The highest BCUT2D eigenvalue weighted by molar-refractivity contribution is 5.77. The highest BCUT2D eigenvalue weighted by atomic mass is 16.2. The molecule has 0 saturated heterocycles. The van der Waals surface area contributed by atoms with E-state index in [9.17, 15) is 9.59 Å². The fraction of sp³-hybridized carbons (Fsp3) is 0.250. The molecule has 3 aromatic rings. The van der Waals surface area contributed by atoms with Gasteiger partial charge in [0.25, 0.3) is 5.56 Å². The fourth-order valence-corrected chi connectivity index (χ4v) is 3.49. The third kappa shape index (κ3) is 2.94. The molecule has 0 spiro atoms. The van der Waals surface area contributed by atoms with Crippen molar-refractivity contribution < 1.29 is 4.79 Å². The number of benzene rings is 1. The van der Waals surface area contributed by atoms with Gasteiger partial charge >= 0.3 is 0 Å². The van der Waals surface area contributed by atoms with Gasteiger partial charge in [0.05, 0.1) is 12.0 Å². The number of amides is 1. The first-order chi connectivity index (χ1) is 12.6. The van der Waals surface area contributed by atoms with E-state index < -0.39 is 0 Å². The number of imidazole rings is 1. The number of hydrogen-bond donors (Lipinski definition) is 1. The van der Waals surface area contributed by atoms with Gasteiger partial charge in [-0.2, -0.15) is 0 Å². The zero-order valence-electron chi connectivity index (χ0n) is 14.6. The molecular weight excluding hydrogens is 328 g/mol. The van der Waals surface area contributed by atoms with Gasteiger partial charge in [0.2, 0.25) is 5.91 Å². The Bertz CT molecular complexity index is 990. The van der Waals surface area contributed by atoms with Crippen LogP contribution in [0.25, 0.3) is 0 Å². The Morgan fingerprint density at radius 3 is 2.85 bits per heavy atom. The third-order valence-electron chi connectivity index (χ3n) is 4.82. The van der Waals surface area contributed by atoms with Gasteiger partial charge in [-0.3, -0.25) is 9.59 Å². The number of nitrogens with one attached hydrogen (secondary N) is 1. The zero-order valence-corrected chi connectivity index (χ0v) is 14.6. The second kappa shape index (κ2) is 6.63. The van der Waals surface area contributed by atoms with Crippen molar-refractivity contribution in [3.63, 3.8) is 0 Å². The van der Waals surface area contributed by atoms with Gasteiger partial charge in [-0.25, -0.2) is 4.98 Å². The lowest BCUT2D eigenvalue weighted by Gasteiger charge is -2.35. The quantitative estimate of drug-likeness (QED) is 0.787. The van der Waals surface area contributed by atoms with E-state index in [1.165, 1.54) is 4.57 Å². The van der Waals surface area contributed by atoms with Gasteiger partial charge in [-0.1, -0.05) is 30.3 Å². The highest BCUT2D eigenvalue weighted by Gasteiger charge is 2.33. The number of hydrogen-bond acceptors (Lipinski definition) is 3. The molecule has 0 radical (unpaired) electrons. The summed E-state index contributed by atoms with van der Waals surface area (Å²) in [6.45, 7) is 2.49. The lowest BCUT2D eigenvalue weighted by atomic mass is 9.95. The summed E-state index contributed by atoms with van der Waals surface area (Å²) in [5.41, 5.74) is 3.69. The van der Waals surface area contributed by atoms with E-state index >= 15 is 0 Å². The van der Waals surface area contributed by atoms with E-state index in [0.29, 0.717) is 6.54 Å². The third-order valence-corrected chi connectivity index (χ3v) is 4.82. The number of fused-ring (bicyclic) bond motifs is 1. The summed E-state index contributed by atoms with van der Waals surface area (Å²) in [7, 11) is 0. The van der Waals surface area contributed by atoms with Crippen LogP contribution < -0.4 is 5.56 Å². The zero-order chi connectivity index (χ0) is 18.1. The smallest absolute Gasteiger partial charge is 0.251 e. The number of H-pyrrole nitrogens is 1. The Morgan fingerprint density at radius 1 is 1.27 bits per heavy atom.